The average Bonchev–Trinajstić information content (AvgIpc) is 2.43. The topological polar surface area (TPSA) is 35.0 Å². The molecule has 1 atom stereocenters. The summed E-state index contributed by atoms with van der Waals surface area (Å²) in [6, 6.07) is 7.52. The van der Waals surface area contributed by atoms with Crippen LogP contribution in [0.2, 0.25) is 28.4 Å². The molecule has 0 radical (unpaired) electrons. The Labute approximate surface area is 149 Å². The second kappa shape index (κ2) is 6.89. The van der Waals surface area contributed by atoms with E-state index in [9.17, 15) is 0 Å². The molecule has 2 heterocycles. The zero-order valence-corrected chi connectivity index (χ0v) is 16.6. The molecule has 6 heteroatoms. The van der Waals surface area contributed by atoms with Crippen LogP contribution < -0.4 is 0 Å². The maximum absolute atomic E-state index is 6.64. The number of hydrogen-bond donors (Lipinski definition) is 0. The molecule has 3 nitrogen and oxygen atoms in total. The fourth-order valence-electron chi connectivity index (χ4n) is 1.97. The Balaban J connectivity index is 2.49. The Morgan fingerprint density at radius 2 is 1.70 bits per heavy atom. The smallest absolute Gasteiger partial charge is 0.193 e. The number of pyridine rings is 2. The van der Waals surface area contributed by atoms with Crippen molar-refractivity contribution < 1.29 is 4.43 Å². The second-order valence-electron chi connectivity index (χ2n) is 7.09. The van der Waals surface area contributed by atoms with Crippen LogP contribution in [-0.2, 0) is 4.43 Å². The molecule has 0 aliphatic heterocycles. The molecule has 0 bridgehead atoms. The largest absolute Gasteiger partial charge is 0.406 e. The van der Waals surface area contributed by atoms with Gasteiger partial charge in [-0.2, -0.15) is 0 Å². The first-order valence-electron chi connectivity index (χ1n) is 7.51. The van der Waals surface area contributed by atoms with E-state index in [1.54, 1.807) is 18.3 Å². The lowest BCUT2D eigenvalue weighted by atomic mass is 10.0. The molecule has 0 amide bonds. The maximum atomic E-state index is 6.64. The highest BCUT2D eigenvalue weighted by Crippen LogP contribution is 2.41. The molecule has 2 rings (SSSR count). The summed E-state index contributed by atoms with van der Waals surface area (Å²) in [6.07, 6.45) is 3.31. The Hall–Kier alpha value is -0.943. The van der Waals surface area contributed by atoms with Gasteiger partial charge in [-0.15, -0.1) is 0 Å². The van der Waals surface area contributed by atoms with E-state index >= 15 is 0 Å². The first kappa shape index (κ1) is 18.4. The number of rotatable bonds is 4. The summed E-state index contributed by atoms with van der Waals surface area (Å²) in [6.45, 7) is 11.1. The van der Waals surface area contributed by atoms with E-state index in [1.807, 2.05) is 18.3 Å². The van der Waals surface area contributed by atoms with E-state index in [1.165, 1.54) is 0 Å². The summed E-state index contributed by atoms with van der Waals surface area (Å²) in [5.74, 6) is 0. The van der Waals surface area contributed by atoms with Crippen LogP contribution in [0.15, 0.2) is 36.7 Å². The average molecular weight is 369 g/mol. The van der Waals surface area contributed by atoms with Gasteiger partial charge in [-0.25, -0.2) is 4.98 Å². The van der Waals surface area contributed by atoms with E-state index in [2.05, 4.69) is 43.8 Å². The van der Waals surface area contributed by atoms with Gasteiger partial charge in [-0.1, -0.05) is 50.0 Å². The molecule has 124 valence electrons. The van der Waals surface area contributed by atoms with E-state index in [0.717, 1.165) is 11.1 Å². The Kier molecular flexibility index (Phi) is 5.51. The molecule has 2 aromatic rings. The van der Waals surface area contributed by atoms with Crippen LogP contribution in [0, 0.1) is 0 Å². The Bertz CT molecular complexity index is 652. The molecular formula is C17H22Cl2N2OSi. The molecule has 1 unspecified atom stereocenters. The molecule has 2 aromatic heterocycles. The highest BCUT2D eigenvalue weighted by atomic mass is 35.5. The minimum absolute atomic E-state index is 0.0913. The molecule has 0 N–H and O–H groups in total. The van der Waals surface area contributed by atoms with Crippen molar-refractivity contribution in [3.8, 4) is 0 Å². The van der Waals surface area contributed by atoms with Crippen LogP contribution >= 0.6 is 23.2 Å². The minimum Gasteiger partial charge on any atom is -0.406 e. The first-order valence-corrected chi connectivity index (χ1v) is 11.2. The van der Waals surface area contributed by atoms with Crippen LogP contribution in [0.3, 0.4) is 0 Å². The summed E-state index contributed by atoms with van der Waals surface area (Å²) in [4.78, 5) is 8.25. The van der Waals surface area contributed by atoms with E-state index in [4.69, 9.17) is 27.6 Å². The summed E-state index contributed by atoms with van der Waals surface area (Å²) >= 11 is 12.2. The van der Waals surface area contributed by atoms with Crippen molar-refractivity contribution in [1.82, 2.24) is 9.97 Å². The van der Waals surface area contributed by atoms with Gasteiger partial charge in [-0.05, 0) is 41.9 Å². The van der Waals surface area contributed by atoms with Crippen LogP contribution in [0.4, 0.5) is 0 Å². The highest BCUT2D eigenvalue weighted by molar-refractivity contribution is 6.74. The van der Waals surface area contributed by atoms with Crippen LogP contribution in [-0.4, -0.2) is 18.3 Å². The second-order valence-corrected chi connectivity index (χ2v) is 12.6. The highest BCUT2D eigenvalue weighted by Gasteiger charge is 2.40. The zero-order chi connectivity index (χ0) is 17.3. The van der Waals surface area contributed by atoms with Crippen molar-refractivity contribution in [3.05, 3.63) is 58.1 Å². The van der Waals surface area contributed by atoms with E-state index < -0.39 is 8.32 Å². The van der Waals surface area contributed by atoms with Crippen molar-refractivity contribution >= 4 is 31.5 Å². The van der Waals surface area contributed by atoms with Gasteiger partial charge < -0.3 is 4.43 Å². The molecule has 0 aliphatic rings. The van der Waals surface area contributed by atoms with Crippen molar-refractivity contribution in [1.29, 1.82) is 0 Å². The standard InChI is InChI=1S/C17H22Cl2N2OSi/c1-17(2,3)23(4,5)22-16(12-7-6-8-20-11-12)13-9-14(18)21-15(19)10-13/h6-11,16H,1-5H3. The van der Waals surface area contributed by atoms with Crippen LogP contribution in [0.1, 0.15) is 38.0 Å². The van der Waals surface area contributed by atoms with Crippen molar-refractivity contribution in [2.75, 3.05) is 0 Å². The van der Waals surface area contributed by atoms with Crippen molar-refractivity contribution in [3.63, 3.8) is 0 Å². The van der Waals surface area contributed by atoms with Gasteiger partial charge in [0.15, 0.2) is 8.32 Å². The van der Waals surface area contributed by atoms with Crippen molar-refractivity contribution in [2.24, 2.45) is 0 Å². The number of nitrogens with zero attached hydrogens (tertiary/aromatic N) is 2. The SMILES string of the molecule is CC(C)(C)[Si](C)(C)OC(c1cccnc1)c1cc(Cl)nc(Cl)c1. The third-order valence-electron chi connectivity index (χ3n) is 4.29. The third kappa shape index (κ3) is 4.54. The quantitative estimate of drug-likeness (QED) is 0.497. The van der Waals surface area contributed by atoms with Gasteiger partial charge in [0.1, 0.15) is 10.3 Å². The van der Waals surface area contributed by atoms with Crippen LogP contribution in [0.25, 0.3) is 0 Å². The van der Waals surface area contributed by atoms with Gasteiger partial charge in [0.2, 0.25) is 0 Å². The first-order chi connectivity index (χ1) is 10.6. The molecule has 0 spiro atoms. The lowest BCUT2D eigenvalue weighted by molar-refractivity contribution is 0.221. The normalized spacial score (nSPS) is 13.9. The fraction of sp³-hybridized carbons (Fsp3) is 0.412. The molecule has 0 saturated heterocycles. The lowest BCUT2D eigenvalue weighted by Crippen LogP contribution is -2.42. The third-order valence-corrected chi connectivity index (χ3v) is 9.12. The number of hydrogen-bond acceptors (Lipinski definition) is 3. The maximum Gasteiger partial charge on any atom is 0.193 e. The fourth-order valence-corrected chi connectivity index (χ4v) is 3.66. The summed E-state index contributed by atoms with van der Waals surface area (Å²) in [7, 11) is -2.00. The summed E-state index contributed by atoms with van der Waals surface area (Å²) < 4.78 is 6.64. The van der Waals surface area contributed by atoms with Gasteiger partial charge in [0.05, 0.1) is 6.10 Å². The molecule has 0 fully saturated rings. The molecular weight excluding hydrogens is 347 g/mol. The van der Waals surface area contributed by atoms with Gasteiger partial charge in [0.25, 0.3) is 0 Å². The monoisotopic (exact) mass is 368 g/mol. The van der Waals surface area contributed by atoms with Crippen LogP contribution in [0.5, 0.6) is 0 Å². The van der Waals surface area contributed by atoms with E-state index in [0.29, 0.717) is 10.3 Å². The van der Waals surface area contributed by atoms with Gasteiger partial charge in [0, 0.05) is 18.0 Å². The molecule has 0 saturated carbocycles. The predicted octanol–water partition coefficient (Wildman–Crippen LogP) is 5.89. The molecule has 0 aromatic carbocycles. The zero-order valence-electron chi connectivity index (χ0n) is 14.1. The predicted molar refractivity (Wildman–Crippen MR) is 98.6 cm³/mol. The summed E-state index contributed by atoms with van der Waals surface area (Å²) in [5.41, 5.74) is 1.88. The number of halogens is 2. The number of aromatic nitrogens is 2. The van der Waals surface area contributed by atoms with E-state index in [-0.39, 0.29) is 11.1 Å². The minimum atomic E-state index is -2.00. The Morgan fingerprint density at radius 3 is 2.17 bits per heavy atom. The Morgan fingerprint density at radius 1 is 1.09 bits per heavy atom. The summed E-state index contributed by atoms with van der Waals surface area (Å²) in [5, 5.41) is 0.814. The lowest BCUT2D eigenvalue weighted by Gasteiger charge is -2.39. The van der Waals surface area contributed by atoms with Gasteiger partial charge >= 0.3 is 0 Å². The molecule has 0 aliphatic carbocycles. The van der Waals surface area contributed by atoms with Crippen molar-refractivity contribution in [2.45, 2.75) is 45.0 Å². The molecule has 23 heavy (non-hydrogen) atoms. The van der Waals surface area contributed by atoms with Gasteiger partial charge in [-0.3, -0.25) is 4.98 Å².